The monoisotopic (exact) mass is 292 g/mol. The number of fused-ring (bicyclic) bond motifs is 2. The first-order valence-electron chi connectivity index (χ1n) is 7.09. The van der Waals surface area contributed by atoms with Crippen molar-refractivity contribution in [3.05, 3.63) is 23.9 Å². The van der Waals surface area contributed by atoms with Gasteiger partial charge in [0.1, 0.15) is 5.03 Å². The average molecular weight is 292 g/mol. The minimum Gasteiger partial charge on any atom is -0.381 e. The van der Waals surface area contributed by atoms with Crippen molar-refractivity contribution in [1.29, 1.82) is 0 Å². The molecule has 0 aliphatic carbocycles. The fourth-order valence-corrected chi connectivity index (χ4v) is 4.05. The van der Waals surface area contributed by atoms with Gasteiger partial charge in [-0.2, -0.15) is 0 Å². The molecular formula is C15H20N2O2S. The van der Waals surface area contributed by atoms with Crippen LogP contribution in [0.15, 0.2) is 23.4 Å². The fourth-order valence-electron chi connectivity index (χ4n) is 3.51. The maximum absolute atomic E-state index is 12.9. The maximum atomic E-state index is 12.9. The van der Waals surface area contributed by atoms with Gasteiger partial charge in [-0.25, -0.2) is 4.98 Å². The quantitative estimate of drug-likeness (QED) is 0.803. The highest BCUT2D eigenvalue weighted by atomic mass is 32.2. The molecule has 2 bridgehead atoms. The Morgan fingerprint density at radius 3 is 2.70 bits per heavy atom. The lowest BCUT2D eigenvalue weighted by Crippen LogP contribution is -2.48. The van der Waals surface area contributed by atoms with E-state index in [0.717, 1.165) is 36.3 Å². The molecule has 1 amide bonds. The molecule has 1 aromatic heterocycles. The highest BCUT2D eigenvalue weighted by molar-refractivity contribution is 7.98. The second-order valence-corrected chi connectivity index (χ2v) is 6.28. The molecule has 0 spiro atoms. The Kier molecular flexibility index (Phi) is 3.98. The van der Waals surface area contributed by atoms with Crippen LogP contribution < -0.4 is 0 Å². The van der Waals surface area contributed by atoms with E-state index in [1.807, 2.05) is 18.4 Å². The van der Waals surface area contributed by atoms with Gasteiger partial charge in [-0.1, -0.05) is 0 Å². The lowest BCUT2D eigenvalue weighted by Gasteiger charge is -2.38. The van der Waals surface area contributed by atoms with Crippen LogP contribution >= 0.6 is 11.8 Å². The van der Waals surface area contributed by atoms with Gasteiger partial charge in [-0.15, -0.1) is 11.8 Å². The summed E-state index contributed by atoms with van der Waals surface area (Å²) in [5.74, 6) is 0.143. The van der Waals surface area contributed by atoms with E-state index in [0.29, 0.717) is 18.2 Å². The third kappa shape index (κ3) is 2.33. The molecule has 2 aliphatic rings. The third-order valence-corrected chi connectivity index (χ3v) is 5.16. The fraction of sp³-hybridized carbons (Fsp3) is 0.600. The topological polar surface area (TPSA) is 42.4 Å². The first-order valence-corrected chi connectivity index (χ1v) is 8.31. The molecular weight excluding hydrogens is 272 g/mol. The molecule has 108 valence electrons. The Bertz CT molecular complexity index is 494. The summed E-state index contributed by atoms with van der Waals surface area (Å²) < 4.78 is 5.50. The molecule has 2 aliphatic heterocycles. The molecule has 1 aromatic rings. The van der Waals surface area contributed by atoms with Gasteiger partial charge in [-0.05, 0) is 44.1 Å². The number of amides is 1. The van der Waals surface area contributed by atoms with Crippen LogP contribution in [0.4, 0.5) is 0 Å². The molecule has 0 aromatic carbocycles. The van der Waals surface area contributed by atoms with Crippen molar-refractivity contribution in [2.75, 3.05) is 13.4 Å². The van der Waals surface area contributed by atoms with E-state index in [1.54, 1.807) is 13.3 Å². The van der Waals surface area contributed by atoms with E-state index in [2.05, 4.69) is 9.88 Å². The zero-order valence-corrected chi connectivity index (χ0v) is 12.7. The molecule has 0 saturated carbocycles. The van der Waals surface area contributed by atoms with Gasteiger partial charge in [0.05, 0.1) is 11.7 Å². The predicted molar refractivity (Wildman–Crippen MR) is 79.0 cm³/mol. The molecule has 1 unspecified atom stereocenters. The second kappa shape index (κ2) is 5.74. The highest BCUT2D eigenvalue weighted by Gasteiger charge is 2.43. The zero-order valence-electron chi connectivity index (χ0n) is 11.9. The molecule has 3 atom stereocenters. The van der Waals surface area contributed by atoms with E-state index in [9.17, 15) is 4.79 Å². The van der Waals surface area contributed by atoms with Crippen molar-refractivity contribution in [3.63, 3.8) is 0 Å². The summed E-state index contributed by atoms with van der Waals surface area (Å²) in [5.41, 5.74) is 0.743. The summed E-state index contributed by atoms with van der Waals surface area (Å²) in [6.07, 6.45) is 8.15. The number of methoxy groups -OCH3 is 1. The predicted octanol–water partition coefficient (Wildman–Crippen LogP) is 2.59. The van der Waals surface area contributed by atoms with Crippen molar-refractivity contribution < 1.29 is 9.53 Å². The number of thioether (sulfide) groups is 1. The van der Waals surface area contributed by atoms with Gasteiger partial charge in [0.2, 0.25) is 0 Å². The molecule has 2 saturated heterocycles. The van der Waals surface area contributed by atoms with Gasteiger partial charge in [0, 0.05) is 25.4 Å². The van der Waals surface area contributed by atoms with Crippen LogP contribution in [0.3, 0.4) is 0 Å². The number of rotatable bonds is 3. The largest absolute Gasteiger partial charge is 0.381 e. The smallest absolute Gasteiger partial charge is 0.257 e. The van der Waals surface area contributed by atoms with Crippen molar-refractivity contribution in [3.8, 4) is 0 Å². The summed E-state index contributed by atoms with van der Waals surface area (Å²) in [6, 6.07) is 4.40. The highest BCUT2D eigenvalue weighted by Crippen LogP contribution is 2.38. The molecule has 20 heavy (non-hydrogen) atoms. The summed E-state index contributed by atoms with van der Waals surface area (Å²) in [5, 5.41) is 0.825. The Hall–Kier alpha value is -1.07. The van der Waals surface area contributed by atoms with Crippen molar-refractivity contribution in [2.24, 2.45) is 0 Å². The standard InChI is InChI=1S/C15H20N2O2S/c1-19-12-8-10-5-6-11(9-12)17(10)15(18)13-4-3-7-16-14(13)20-2/h3-4,7,10-12H,5-6,8-9H2,1-2H3/t10-,11+,12?. The summed E-state index contributed by atoms with van der Waals surface area (Å²) >= 11 is 1.53. The number of pyridine rings is 1. The van der Waals surface area contributed by atoms with Crippen molar-refractivity contribution >= 4 is 17.7 Å². The Morgan fingerprint density at radius 2 is 2.10 bits per heavy atom. The van der Waals surface area contributed by atoms with E-state index >= 15 is 0 Å². The number of piperidine rings is 1. The molecule has 2 fully saturated rings. The number of aromatic nitrogens is 1. The molecule has 0 N–H and O–H groups in total. The second-order valence-electron chi connectivity index (χ2n) is 5.49. The van der Waals surface area contributed by atoms with Crippen LogP contribution in [0.1, 0.15) is 36.0 Å². The van der Waals surface area contributed by atoms with Crippen LogP contribution in [0.25, 0.3) is 0 Å². The lowest BCUT2D eigenvalue weighted by atomic mass is 9.99. The Balaban J connectivity index is 1.85. The SMILES string of the molecule is COC1C[C@H]2CC[C@@H](C1)N2C(=O)c1cccnc1SC. The van der Waals surface area contributed by atoms with Gasteiger partial charge in [-0.3, -0.25) is 4.79 Å². The number of carbonyl (C=O) groups is 1. The maximum Gasteiger partial charge on any atom is 0.257 e. The lowest BCUT2D eigenvalue weighted by molar-refractivity contribution is 0.00802. The van der Waals surface area contributed by atoms with Gasteiger partial charge in [0.15, 0.2) is 0 Å². The van der Waals surface area contributed by atoms with E-state index < -0.39 is 0 Å². The molecule has 4 nitrogen and oxygen atoms in total. The number of hydrogen-bond donors (Lipinski definition) is 0. The van der Waals surface area contributed by atoms with Crippen molar-refractivity contribution in [1.82, 2.24) is 9.88 Å². The minimum absolute atomic E-state index is 0.143. The Morgan fingerprint density at radius 1 is 1.40 bits per heavy atom. The van der Waals surface area contributed by atoms with Crippen LogP contribution in [0, 0.1) is 0 Å². The summed E-state index contributed by atoms with van der Waals surface area (Å²) in [6.45, 7) is 0. The zero-order chi connectivity index (χ0) is 14.1. The molecule has 3 heterocycles. The average Bonchev–Trinajstić information content (AvgIpc) is 2.76. The molecule has 0 radical (unpaired) electrons. The number of nitrogens with zero attached hydrogens (tertiary/aromatic N) is 2. The van der Waals surface area contributed by atoms with E-state index in [1.165, 1.54) is 11.8 Å². The first kappa shape index (κ1) is 13.9. The first-order chi connectivity index (χ1) is 9.74. The van der Waals surface area contributed by atoms with Crippen LogP contribution in [-0.4, -0.2) is 47.3 Å². The normalized spacial score (nSPS) is 28.7. The van der Waals surface area contributed by atoms with Crippen LogP contribution in [-0.2, 0) is 4.74 Å². The summed E-state index contributed by atoms with van der Waals surface area (Å²) in [7, 11) is 1.77. The van der Waals surface area contributed by atoms with Gasteiger partial charge >= 0.3 is 0 Å². The Labute approximate surface area is 123 Å². The number of hydrogen-bond acceptors (Lipinski definition) is 4. The van der Waals surface area contributed by atoms with Crippen LogP contribution in [0.5, 0.6) is 0 Å². The van der Waals surface area contributed by atoms with Crippen LogP contribution in [0.2, 0.25) is 0 Å². The van der Waals surface area contributed by atoms with Crippen molar-refractivity contribution in [2.45, 2.75) is 48.9 Å². The summed E-state index contributed by atoms with van der Waals surface area (Å²) in [4.78, 5) is 19.3. The minimum atomic E-state index is 0.143. The van der Waals surface area contributed by atoms with E-state index in [-0.39, 0.29) is 5.91 Å². The molecule has 5 heteroatoms. The van der Waals surface area contributed by atoms with Gasteiger partial charge in [0.25, 0.3) is 5.91 Å². The number of ether oxygens (including phenoxy) is 1. The number of carbonyl (C=O) groups excluding carboxylic acids is 1. The van der Waals surface area contributed by atoms with E-state index in [4.69, 9.17) is 4.74 Å². The van der Waals surface area contributed by atoms with Gasteiger partial charge < -0.3 is 9.64 Å². The third-order valence-electron chi connectivity index (χ3n) is 4.45. The molecule has 3 rings (SSSR count).